The van der Waals surface area contributed by atoms with Crippen molar-refractivity contribution in [1.82, 2.24) is 9.88 Å². The highest BCUT2D eigenvalue weighted by atomic mass is 32.1. The van der Waals surface area contributed by atoms with Crippen LogP contribution in [0.15, 0.2) is 41.4 Å². The maximum Gasteiger partial charge on any atom is 0.138 e. The van der Waals surface area contributed by atoms with Gasteiger partial charge in [-0.2, -0.15) is 11.3 Å². The van der Waals surface area contributed by atoms with Gasteiger partial charge in [0.15, 0.2) is 0 Å². The van der Waals surface area contributed by atoms with E-state index in [1.165, 1.54) is 5.56 Å². The SMILES string of the molecule is c1cncc(O[C@H]2CO[C@@]3(CCN(Cc4ccsc4)C3)C2)c1. The van der Waals surface area contributed by atoms with Gasteiger partial charge in [-0.1, -0.05) is 0 Å². The van der Waals surface area contributed by atoms with E-state index in [0.29, 0.717) is 6.61 Å². The maximum absolute atomic E-state index is 6.15. The molecule has 0 N–H and O–H groups in total. The van der Waals surface area contributed by atoms with Crippen molar-refractivity contribution in [2.45, 2.75) is 31.1 Å². The summed E-state index contributed by atoms with van der Waals surface area (Å²) in [6.45, 7) is 3.83. The molecular weight excluding hydrogens is 296 g/mol. The van der Waals surface area contributed by atoms with Gasteiger partial charge in [-0.15, -0.1) is 0 Å². The Morgan fingerprint density at radius 3 is 3.27 bits per heavy atom. The van der Waals surface area contributed by atoms with Crippen molar-refractivity contribution in [2.75, 3.05) is 19.7 Å². The minimum Gasteiger partial charge on any atom is -0.486 e. The average molecular weight is 316 g/mol. The number of likely N-dealkylation sites (tertiary alicyclic amines) is 1. The monoisotopic (exact) mass is 316 g/mol. The van der Waals surface area contributed by atoms with E-state index in [0.717, 1.165) is 38.2 Å². The molecule has 1 spiro atoms. The van der Waals surface area contributed by atoms with Crippen LogP contribution in [0.1, 0.15) is 18.4 Å². The summed E-state index contributed by atoms with van der Waals surface area (Å²) in [5, 5.41) is 4.37. The molecule has 4 rings (SSSR count). The topological polar surface area (TPSA) is 34.6 Å². The Morgan fingerprint density at radius 1 is 1.45 bits per heavy atom. The van der Waals surface area contributed by atoms with Gasteiger partial charge in [0.2, 0.25) is 0 Å². The highest BCUT2D eigenvalue weighted by Gasteiger charge is 2.46. The van der Waals surface area contributed by atoms with Gasteiger partial charge in [-0.05, 0) is 40.9 Å². The van der Waals surface area contributed by atoms with E-state index < -0.39 is 0 Å². The smallest absolute Gasteiger partial charge is 0.138 e. The van der Waals surface area contributed by atoms with E-state index in [4.69, 9.17) is 9.47 Å². The zero-order chi connectivity index (χ0) is 14.8. The van der Waals surface area contributed by atoms with Crippen molar-refractivity contribution in [3.05, 3.63) is 46.9 Å². The van der Waals surface area contributed by atoms with Gasteiger partial charge >= 0.3 is 0 Å². The van der Waals surface area contributed by atoms with E-state index in [-0.39, 0.29) is 11.7 Å². The van der Waals surface area contributed by atoms with E-state index in [2.05, 4.69) is 26.7 Å². The van der Waals surface area contributed by atoms with Crippen molar-refractivity contribution in [2.24, 2.45) is 0 Å². The Kier molecular flexibility index (Phi) is 3.86. The Balaban J connectivity index is 1.34. The zero-order valence-corrected chi connectivity index (χ0v) is 13.3. The van der Waals surface area contributed by atoms with Gasteiger partial charge in [0.25, 0.3) is 0 Å². The van der Waals surface area contributed by atoms with Crippen LogP contribution in [-0.2, 0) is 11.3 Å². The summed E-state index contributed by atoms with van der Waals surface area (Å²) in [5.74, 6) is 0.835. The molecule has 2 aromatic heterocycles. The molecular formula is C17H20N2O2S. The minimum atomic E-state index is -0.0110. The molecule has 0 amide bonds. The number of ether oxygens (including phenoxy) is 2. The summed E-state index contributed by atoms with van der Waals surface area (Å²) < 4.78 is 12.1. The Labute approximate surface area is 134 Å². The molecule has 2 aliphatic heterocycles. The molecule has 2 aromatic rings. The van der Waals surface area contributed by atoms with E-state index in [1.807, 2.05) is 12.1 Å². The van der Waals surface area contributed by atoms with Crippen molar-refractivity contribution in [1.29, 1.82) is 0 Å². The molecule has 4 heterocycles. The van der Waals surface area contributed by atoms with Crippen LogP contribution in [0, 0.1) is 0 Å². The fourth-order valence-electron chi connectivity index (χ4n) is 3.48. The van der Waals surface area contributed by atoms with Gasteiger partial charge in [0.1, 0.15) is 11.9 Å². The minimum absolute atomic E-state index is 0.0110. The molecule has 0 saturated carbocycles. The van der Waals surface area contributed by atoms with Crippen LogP contribution in [0.4, 0.5) is 0 Å². The van der Waals surface area contributed by atoms with E-state index >= 15 is 0 Å². The summed E-state index contributed by atoms with van der Waals surface area (Å²) in [6.07, 6.45) is 5.75. The molecule has 0 aliphatic carbocycles. The third kappa shape index (κ3) is 3.02. The molecule has 22 heavy (non-hydrogen) atoms. The number of aromatic nitrogens is 1. The molecule has 0 aromatic carbocycles. The number of nitrogens with zero attached hydrogens (tertiary/aromatic N) is 2. The van der Waals surface area contributed by atoms with Crippen molar-refractivity contribution < 1.29 is 9.47 Å². The van der Waals surface area contributed by atoms with Crippen LogP contribution in [0.2, 0.25) is 0 Å². The van der Waals surface area contributed by atoms with E-state index in [1.54, 1.807) is 23.7 Å². The van der Waals surface area contributed by atoms with Crippen molar-refractivity contribution in [3.63, 3.8) is 0 Å². The number of pyridine rings is 1. The lowest BCUT2D eigenvalue weighted by Crippen LogP contribution is -2.33. The van der Waals surface area contributed by atoms with Crippen LogP contribution in [-0.4, -0.2) is 41.3 Å². The Bertz CT molecular complexity index is 604. The summed E-state index contributed by atoms with van der Waals surface area (Å²) in [5.41, 5.74) is 1.39. The van der Waals surface area contributed by atoms with Crippen LogP contribution < -0.4 is 4.74 Å². The molecule has 2 fully saturated rings. The first-order chi connectivity index (χ1) is 10.8. The van der Waals surface area contributed by atoms with E-state index in [9.17, 15) is 0 Å². The predicted octanol–water partition coefficient (Wildman–Crippen LogP) is 2.96. The highest BCUT2D eigenvalue weighted by molar-refractivity contribution is 7.07. The normalized spacial score (nSPS) is 28.5. The largest absolute Gasteiger partial charge is 0.486 e. The molecule has 116 valence electrons. The second kappa shape index (κ2) is 5.99. The zero-order valence-electron chi connectivity index (χ0n) is 12.5. The van der Waals surface area contributed by atoms with Crippen LogP contribution in [0.25, 0.3) is 0 Å². The molecule has 0 unspecified atom stereocenters. The third-order valence-corrected chi connectivity index (χ3v) is 5.23. The summed E-state index contributed by atoms with van der Waals surface area (Å²) in [6, 6.07) is 6.06. The lowest BCUT2D eigenvalue weighted by molar-refractivity contribution is 0.00935. The third-order valence-electron chi connectivity index (χ3n) is 4.49. The molecule has 0 radical (unpaired) electrons. The molecule has 4 nitrogen and oxygen atoms in total. The quantitative estimate of drug-likeness (QED) is 0.868. The molecule has 0 bridgehead atoms. The number of hydrogen-bond donors (Lipinski definition) is 0. The Hall–Kier alpha value is -1.43. The summed E-state index contributed by atoms with van der Waals surface area (Å²) in [4.78, 5) is 6.59. The number of hydrogen-bond acceptors (Lipinski definition) is 5. The van der Waals surface area contributed by atoms with Crippen LogP contribution >= 0.6 is 11.3 Å². The summed E-state index contributed by atoms with van der Waals surface area (Å²) in [7, 11) is 0. The standard InChI is InChI=1S/C17H20N2O2S/c1-2-15(9-18-5-1)21-16-8-17(20-11-16)4-6-19(13-17)10-14-3-7-22-12-14/h1-3,5,7,9,12,16H,4,6,8,10-11,13H2/t16-,17+/m1/s1. The predicted molar refractivity (Wildman–Crippen MR) is 86.2 cm³/mol. The first kappa shape index (κ1) is 14.2. The van der Waals surface area contributed by atoms with Crippen molar-refractivity contribution in [3.8, 4) is 5.75 Å². The maximum atomic E-state index is 6.15. The van der Waals surface area contributed by atoms with Gasteiger partial charge in [-0.3, -0.25) is 9.88 Å². The lowest BCUT2D eigenvalue weighted by atomic mass is 9.98. The molecule has 2 saturated heterocycles. The van der Waals surface area contributed by atoms with Gasteiger partial charge in [-0.25, -0.2) is 0 Å². The van der Waals surface area contributed by atoms with Crippen LogP contribution in [0.5, 0.6) is 5.75 Å². The van der Waals surface area contributed by atoms with Gasteiger partial charge in [0, 0.05) is 32.3 Å². The first-order valence-corrected chi connectivity index (χ1v) is 8.70. The number of rotatable bonds is 4. The van der Waals surface area contributed by atoms with Gasteiger partial charge in [0.05, 0.1) is 18.4 Å². The van der Waals surface area contributed by atoms with Gasteiger partial charge < -0.3 is 9.47 Å². The highest BCUT2D eigenvalue weighted by Crippen LogP contribution is 2.37. The fourth-order valence-corrected chi connectivity index (χ4v) is 4.13. The second-order valence-corrected chi connectivity index (χ2v) is 7.00. The van der Waals surface area contributed by atoms with Crippen LogP contribution in [0.3, 0.4) is 0 Å². The molecule has 5 heteroatoms. The average Bonchev–Trinajstić information content (AvgIpc) is 3.25. The molecule has 2 aliphatic rings. The summed E-state index contributed by atoms with van der Waals surface area (Å²) >= 11 is 1.76. The number of thiophene rings is 1. The fraction of sp³-hybridized carbons (Fsp3) is 0.471. The Morgan fingerprint density at radius 2 is 2.45 bits per heavy atom. The first-order valence-electron chi connectivity index (χ1n) is 7.75. The molecule has 2 atom stereocenters. The lowest BCUT2D eigenvalue weighted by Gasteiger charge is -2.23. The second-order valence-electron chi connectivity index (χ2n) is 6.22. The van der Waals surface area contributed by atoms with Crippen molar-refractivity contribution >= 4 is 11.3 Å².